The number of anilines is 1. The minimum atomic E-state index is -0.1000. The van der Waals surface area contributed by atoms with E-state index in [4.69, 9.17) is 0 Å². The molecule has 0 spiro atoms. The predicted octanol–water partition coefficient (Wildman–Crippen LogP) is 0.559. The lowest BCUT2D eigenvalue weighted by Crippen LogP contribution is -2.35. The van der Waals surface area contributed by atoms with Gasteiger partial charge in [-0.25, -0.2) is 0 Å². The molecule has 0 aromatic carbocycles. The number of amides is 1. The summed E-state index contributed by atoms with van der Waals surface area (Å²) >= 11 is 0. The number of nitrogens with one attached hydrogen (secondary N) is 2. The summed E-state index contributed by atoms with van der Waals surface area (Å²) in [5.41, 5.74) is 0.620. The molecule has 5 heteroatoms. The van der Waals surface area contributed by atoms with Gasteiger partial charge in [-0.1, -0.05) is 0 Å². The molecule has 0 bridgehead atoms. The Balaban J connectivity index is 2.07. The molecule has 0 radical (unpaired) electrons. The first-order chi connectivity index (χ1) is 8.20. The maximum atomic E-state index is 11.8. The van der Waals surface area contributed by atoms with Crippen LogP contribution < -0.4 is 16.2 Å². The van der Waals surface area contributed by atoms with Crippen molar-refractivity contribution in [1.29, 1.82) is 0 Å². The first-order valence-corrected chi connectivity index (χ1v) is 5.95. The van der Waals surface area contributed by atoms with Gasteiger partial charge in [0.15, 0.2) is 0 Å². The number of rotatable bonds is 3. The van der Waals surface area contributed by atoms with Gasteiger partial charge in [0.2, 0.25) is 5.91 Å². The Bertz CT molecular complexity index is 461. The van der Waals surface area contributed by atoms with Gasteiger partial charge >= 0.3 is 0 Å². The van der Waals surface area contributed by atoms with E-state index in [2.05, 4.69) is 10.6 Å². The van der Waals surface area contributed by atoms with Crippen molar-refractivity contribution in [1.82, 2.24) is 9.88 Å². The minimum Gasteiger partial charge on any atom is -0.323 e. The lowest BCUT2D eigenvalue weighted by Gasteiger charge is -2.12. The number of aryl methyl sites for hydroxylation is 1. The molecule has 1 unspecified atom stereocenters. The van der Waals surface area contributed by atoms with Gasteiger partial charge in [0, 0.05) is 18.8 Å². The topological polar surface area (TPSA) is 63.1 Å². The summed E-state index contributed by atoms with van der Waals surface area (Å²) in [4.78, 5) is 23.2. The highest BCUT2D eigenvalue weighted by Crippen LogP contribution is 2.09. The van der Waals surface area contributed by atoms with Crippen LogP contribution in [-0.4, -0.2) is 23.1 Å². The fourth-order valence-corrected chi connectivity index (χ4v) is 1.99. The van der Waals surface area contributed by atoms with Crippen LogP contribution in [0.25, 0.3) is 0 Å². The molecule has 2 rings (SSSR count). The van der Waals surface area contributed by atoms with Crippen molar-refractivity contribution >= 4 is 11.6 Å². The Labute approximate surface area is 99.8 Å². The molecule has 1 aliphatic heterocycles. The molecule has 1 saturated heterocycles. The largest absolute Gasteiger partial charge is 0.323 e. The maximum Gasteiger partial charge on any atom is 0.250 e. The SMILES string of the molecule is CCn1cc(NC(=O)C2CCCN2)ccc1=O. The number of nitrogens with zero attached hydrogens (tertiary/aromatic N) is 1. The summed E-state index contributed by atoms with van der Waals surface area (Å²) in [5.74, 6) is -0.0243. The third-order valence-electron chi connectivity index (χ3n) is 2.97. The molecule has 17 heavy (non-hydrogen) atoms. The quantitative estimate of drug-likeness (QED) is 0.804. The highest BCUT2D eigenvalue weighted by atomic mass is 16.2. The molecule has 92 valence electrons. The van der Waals surface area contributed by atoms with Crippen molar-refractivity contribution < 1.29 is 4.79 Å². The average Bonchev–Trinajstić information content (AvgIpc) is 2.85. The molecular formula is C12H17N3O2. The first kappa shape index (κ1) is 11.9. The van der Waals surface area contributed by atoms with Gasteiger partial charge < -0.3 is 15.2 Å². The van der Waals surface area contributed by atoms with E-state index in [0.29, 0.717) is 12.2 Å². The van der Waals surface area contributed by atoms with Crippen LogP contribution in [0.2, 0.25) is 0 Å². The summed E-state index contributed by atoms with van der Waals surface area (Å²) in [5, 5.41) is 5.96. The van der Waals surface area contributed by atoms with Gasteiger partial charge in [-0.3, -0.25) is 9.59 Å². The zero-order chi connectivity index (χ0) is 12.3. The minimum absolute atomic E-state index is 0.0243. The second kappa shape index (κ2) is 5.14. The van der Waals surface area contributed by atoms with Crippen LogP contribution in [0.4, 0.5) is 5.69 Å². The second-order valence-corrected chi connectivity index (χ2v) is 4.18. The van der Waals surface area contributed by atoms with Crippen LogP contribution >= 0.6 is 0 Å². The zero-order valence-corrected chi connectivity index (χ0v) is 9.90. The van der Waals surface area contributed by atoms with E-state index in [9.17, 15) is 9.59 Å². The summed E-state index contributed by atoms with van der Waals surface area (Å²) in [7, 11) is 0. The van der Waals surface area contributed by atoms with Gasteiger partial charge in [-0.2, -0.15) is 0 Å². The third kappa shape index (κ3) is 2.74. The molecule has 1 aromatic rings. The van der Waals surface area contributed by atoms with Crippen molar-refractivity contribution in [3.8, 4) is 0 Å². The van der Waals surface area contributed by atoms with Crippen LogP contribution in [0.5, 0.6) is 0 Å². The number of carbonyl (C=O) groups excluding carboxylic acids is 1. The van der Waals surface area contributed by atoms with Gasteiger partial charge in [0.25, 0.3) is 5.56 Å². The van der Waals surface area contributed by atoms with Crippen LogP contribution in [0, 0.1) is 0 Å². The number of hydrogen-bond donors (Lipinski definition) is 2. The number of carbonyl (C=O) groups is 1. The monoisotopic (exact) mass is 235 g/mol. The van der Waals surface area contributed by atoms with Gasteiger partial charge in [-0.05, 0) is 32.4 Å². The Morgan fingerprint density at radius 1 is 1.59 bits per heavy atom. The molecule has 2 N–H and O–H groups in total. The molecule has 5 nitrogen and oxygen atoms in total. The summed E-state index contributed by atoms with van der Waals surface area (Å²) in [6.07, 6.45) is 3.58. The fourth-order valence-electron chi connectivity index (χ4n) is 1.99. The Kier molecular flexibility index (Phi) is 3.58. The van der Waals surface area contributed by atoms with E-state index in [1.54, 1.807) is 16.8 Å². The molecule has 1 amide bonds. The highest BCUT2D eigenvalue weighted by Gasteiger charge is 2.21. The first-order valence-electron chi connectivity index (χ1n) is 5.95. The molecule has 2 heterocycles. The Hall–Kier alpha value is -1.62. The average molecular weight is 235 g/mol. The zero-order valence-electron chi connectivity index (χ0n) is 9.90. The van der Waals surface area contributed by atoms with E-state index >= 15 is 0 Å². The lowest BCUT2D eigenvalue weighted by molar-refractivity contribution is -0.117. The van der Waals surface area contributed by atoms with Crippen molar-refractivity contribution in [3.63, 3.8) is 0 Å². The van der Waals surface area contributed by atoms with Crippen LogP contribution in [-0.2, 0) is 11.3 Å². The van der Waals surface area contributed by atoms with Crippen molar-refractivity contribution in [2.45, 2.75) is 32.4 Å². The molecule has 1 aromatic heterocycles. The summed E-state index contributed by atoms with van der Waals surface area (Å²) in [6.45, 7) is 3.39. The Morgan fingerprint density at radius 3 is 3.06 bits per heavy atom. The molecule has 0 saturated carbocycles. The predicted molar refractivity (Wildman–Crippen MR) is 66.0 cm³/mol. The van der Waals surface area contributed by atoms with Crippen LogP contribution in [0.1, 0.15) is 19.8 Å². The van der Waals surface area contributed by atoms with Gasteiger partial charge in [0.1, 0.15) is 0 Å². The molecular weight excluding hydrogens is 218 g/mol. The maximum absolute atomic E-state index is 11.8. The third-order valence-corrected chi connectivity index (χ3v) is 2.97. The van der Waals surface area contributed by atoms with Crippen molar-refractivity contribution in [2.75, 3.05) is 11.9 Å². The van der Waals surface area contributed by atoms with Crippen molar-refractivity contribution in [3.05, 3.63) is 28.7 Å². The van der Waals surface area contributed by atoms with Crippen LogP contribution in [0.15, 0.2) is 23.1 Å². The molecule has 1 aliphatic rings. The van der Waals surface area contributed by atoms with E-state index in [1.807, 2.05) is 6.92 Å². The summed E-state index contributed by atoms with van der Waals surface area (Å²) in [6, 6.07) is 3.01. The molecule has 1 fully saturated rings. The normalized spacial score (nSPS) is 19.2. The van der Waals surface area contributed by atoms with Crippen molar-refractivity contribution in [2.24, 2.45) is 0 Å². The molecule has 0 aliphatic carbocycles. The fraction of sp³-hybridized carbons (Fsp3) is 0.500. The van der Waals surface area contributed by atoms with Gasteiger partial charge in [-0.15, -0.1) is 0 Å². The van der Waals surface area contributed by atoms with Crippen LogP contribution in [0.3, 0.4) is 0 Å². The number of hydrogen-bond acceptors (Lipinski definition) is 3. The highest BCUT2D eigenvalue weighted by molar-refractivity contribution is 5.94. The van der Waals surface area contributed by atoms with E-state index in [-0.39, 0.29) is 17.5 Å². The second-order valence-electron chi connectivity index (χ2n) is 4.18. The summed E-state index contributed by atoms with van der Waals surface area (Å²) < 4.78 is 1.57. The van der Waals surface area contributed by atoms with E-state index < -0.39 is 0 Å². The smallest absolute Gasteiger partial charge is 0.250 e. The van der Waals surface area contributed by atoms with Gasteiger partial charge in [0.05, 0.1) is 11.7 Å². The molecule has 1 atom stereocenters. The lowest BCUT2D eigenvalue weighted by atomic mass is 10.2. The van der Waals surface area contributed by atoms with E-state index in [1.165, 1.54) is 6.07 Å². The Morgan fingerprint density at radius 2 is 2.41 bits per heavy atom. The standard InChI is InChI=1S/C12H17N3O2/c1-2-15-8-9(5-6-11(15)16)14-12(17)10-4-3-7-13-10/h5-6,8,10,13H,2-4,7H2,1H3,(H,14,17). The number of aromatic nitrogens is 1. The van der Waals surface area contributed by atoms with E-state index in [0.717, 1.165) is 19.4 Å². The number of pyridine rings is 1.